The molecule has 0 fully saturated rings. The van der Waals surface area contributed by atoms with E-state index in [2.05, 4.69) is 23.8 Å². The van der Waals surface area contributed by atoms with Crippen molar-refractivity contribution in [2.45, 2.75) is 73.6 Å². The fourth-order valence-electron chi connectivity index (χ4n) is 1.96. The molecule has 0 amide bonds. The standard InChI is InChI=1S/C11H16N2.2C2H6/c1-3-9-8(2)12-10-6-4-5-7-11(10)13-9;2*1-2/h3-7H2,1-2H3;2*1-2H3. The molecule has 0 saturated heterocycles. The molecular formula is C15H28N2. The third-order valence-corrected chi connectivity index (χ3v) is 2.74. The van der Waals surface area contributed by atoms with Gasteiger partial charge in [0.15, 0.2) is 0 Å². The van der Waals surface area contributed by atoms with Crippen molar-refractivity contribution in [2.24, 2.45) is 0 Å². The van der Waals surface area contributed by atoms with Gasteiger partial charge in [-0.3, -0.25) is 9.97 Å². The van der Waals surface area contributed by atoms with Gasteiger partial charge in [0.25, 0.3) is 0 Å². The van der Waals surface area contributed by atoms with Gasteiger partial charge in [-0.2, -0.15) is 0 Å². The molecule has 0 unspecified atom stereocenters. The van der Waals surface area contributed by atoms with Crippen molar-refractivity contribution < 1.29 is 0 Å². The summed E-state index contributed by atoms with van der Waals surface area (Å²) in [5.74, 6) is 0. The summed E-state index contributed by atoms with van der Waals surface area (Å²) in [6.45, 7) is 12.2. The molecule has 0 aliphatic heterocycles. The van der Waals surface area contributed by atoms with Crippen molar-refractivity contribution in [1.82, 2.24) is 9.97 Å². The fourth-order valence-corrected chi connectivity index (χ4v) is 1.96. The predicted octanol–water partition coefficient (Wildman–Crippen LogP) is 4.28. The molecule has 0 aromatic carbocycles. The van der Waals surface area contributed by atoms with Crippen molar-refractivity contribution in [3.8, 4) is 0 Å². The summed E-state index contributed by atoms with van der Waals surface area (Å²) in [6.07, 6.45) is 5.84. The number of rotatable bonds is 1. The molecule has 1 aliphatic rings. The second-order valence-electron chi connectivity index (χ2n) is 3.71. The van der Waals surface area contributed by atoms with Crippen LogP contribution in [-0.2, 0) is 19.3 Å². The minimum Gasteiger partial charge on any atom is -0.254 e. The Balaban J connectivity index is 0.000000581. The van der Waals surface area contributed by atoms with Crippen LogP contribution in [0.4, 0.5) is 0 Å². The molecule has 1 aromatic heterocycles. The highest BCUT2D eigenvalue weighted by Crippen LogP contribution is 2.19. The van der Waals surface area contributed by atoms with Gasteiger partial charge in [-0.25, -0.2) is 0 Å². The zero-order chi connectivity index (χ0) is 13.3. The van der Waals surface area contributed by atoms with Gasteiger partial charge in [0.1, 0.15) is 0 Å². The molecule has 0 saturated carbocycles. The molecule has 0 atom stereocenters. The normalized spacial score (nSPS) is 12.6. The summed E-state index contributed by atoms with van der Waals surface area (Å²) in [6, 6.07) is 0. The lowest BCUT2D eigenvalue weighted by molar-refractivity contribution is 0.639. The topological polar surface area (TPSA) is 25.8 Å². The Morgan fingerprint density at radius 3 is 1.82 bits per heavy atom. The Labute approximate surface area is 107 Å². The van der Waals surface area contributed by atoms with Crippen LogP contribution in [0.25, 0.3) is 0 Å². The first-order valence-electron chi connectivity index (χ1n) is 7.16. The van der Waals surface area contributed by atoms with Crippen molar-refractivity contribution in [2.75, 3.05) is 0 Å². The Morgan fingerprint density at radius 2 is 1.35 bits per heavy atom. The molecule has 98 valence electrons. The largest absolute Gasteiger partial charge is 0.254 e. The average molecular weight is 236 g/mol. The summed E-state index contributed by atoms with van der Waals surface area (Å²) in [7, 11) is 0. The molecule has 17 heavy (non-hydrogen) atoms. The summed E-state index contributed by atoms with van der Waals surface area (Å²) < 4.78 is 0. The Morgan fingerprint density at radius 1 is 0.882 bits per heavy atom. The Kier molecular flexibility index (Phi) is 8.65. The molecule has 0 N–H and O–H groups in total. The summed E-state index contributed by atoms with van der Waals surface area (Å²) in [4.78, 5) is 9.29. The molecule has 0 radical (unpaired) electrons. The molecule has 2 rings (SSSR count). The molecule has 1 aliphatic carbocycles. The van der Waals surface area contributed by atoms with Crippen LogP contribution in [-0.4, -0.2) is 9.97 Å². The van der Waals surface area contributed by atoms with Crippen molar-refractivity contribution in [3.05, 3.63) is 22.8 Å². The monoisotopic (exact) mass is 236 g/mol. The van der Waals surface area contributed by atoms with E-state index in [-0.39, 0.29) is 0 Å². The van der Waals surface area contributed by atoms with Crippen LogP contribution in [0, 0.1) is 6.92 Å². The van der Waals surface area contributed by atoms with E-state index >= 15 is 0 Å². The van der Waals surface area contributed by atoms with E-state index in [1.54, 1.807) is 0 Å². The zero-order valence-corrected chi connectivity index (χ0v) is 12.4. The van der Waals surface area contributed by atoms with Gasteiger partial charge in [-0.05, 0) is 39.0 Å². The summed E-state index contributed by atoms with van der Waals surface area (Å²) in [5, 5.41) is 0. The highest BCUT2D eigenvalue weighted by molar-refractivity contribution is 5.21. The SMILES string of the molecule is CC.CC.CCc1nc2c(nc1C)CCCC2. The molecule has 1 aromatic rings. The molecular weight excluding hydrogens is 208 g/mol. The van der Waals surface area contributed by atoms with E-state index in [1.807, 2.05) is 27.7 Å². The third-order valence-electron chi connectivity index (χ3n) is 2.74. The number of hydrogen-bond acceptors (Lipinski definition) is 2. The van der Waals surface area contributed by atoms with Crippen LogP contribution in [0.5, 0.6) is 0 Å². The highest BCUT2D eigenvalue weighted by Gasteiger charge is 2.13. The first-order valence-corrected chi connectivity index (χ1v) is 7.16. The van der Waals surface area contributed by atoms with E-state index in [1.165, 1.54) is 29.9 Å². The molecule has 2 heteroatoms. The van der Waals surface area contributed by atoms with E-state index < -0.39 is 0 Å². The Hall–Kier alpha value is -0.920. The number of fused-ring (bicyclic) bond motifs is 1. The third kappa shape index (κ3) is 4.45. The second kappa shape index (κ2) is 9.15. The van der Waals surface area contributed by atoms with Gasteiger partial charge < -0.3 is 0 Å². The van der Waals surface area contributed by atoms with Crippen LogP contribution in [0.1, 0.15) is 70.2 Å². The lowest BCUT2D eigenvalue weighted by atomic mass is 10.00. The zero-order valence-electron chi connectivity index (χ0n) is 12.4. The van der Waals surface area contributed by atoms with Crippen LogP contribution < -0.4 is 0 Å². The van der Waals surface area contributed by atoms with Crippen molar-refractivity contribution >= 4 is 0 Å². The van der Waals surface area contributed by atoms with Gasteiger partial charge >= 0.3 is 0 Å². The van der Waals surface area contributed by atoms with Crippen LogP contribution >= 0.6 is 0 Å². The van der Waals surface area contributed by atoms with E-state index in [9.17, 15) is 0 Å². The Bertz CT molecular complexity index is 319. The minimum atomic E-state index is 1.01. The van der Waals surface area contributed by atoms with Gasteiger partial charge in [0.2, 0.25) is 0 Å². The maximum absolute atomic E-state index is 4.67. The van der Waals surface area contributed by atoms with E-state index in [0.717, 1.165) is 25.0 Å². The summed E-state index contributed by atoms with van der Waals surface area (Å²) >= 11 is 0. The quantitative estimate of drug-likeness (QED) is 0.727. The summed E-state index contributed by atoms with van der Waals surface area (Å²) in [5.41, 5.74) is 4.82. The number of aromatic nitrogens is 2. The van der Waals surface area contributed by atoms with E-state index in [4.69, 9.17) is 0 Å². The van der Waals surface area contributed by atoms with Crippen LogP contribution in [0.3, 0.4) is 0 Å². The van der Waals surface area contributed by atoms with Crippen LogP contribution in [0.15, 0.2) is 0 Å². The molecule has 1 heterocycles. The average Bonchev–Trinajstić information content (AvgIpc) is 2.42. The first-order chi connectivity index (χ1) is 8.31. The number of nitrogens with zero attached hydrogens (tertiary/aromatic N) is 2. The molecule has 0 bridgehead atoms. The predicted molar refractivity (Wildman–Crippen MR) is 75.5 cm³/mol. The lowest BCUT2D eigenvalue weighted by Gasteiger charge is -2.15. The van der Waals surface area contributed by atoms with Gasteiger partial charge in [-0.1, -0.05) is 34.6 Å². The fraction of sp³-hybridized carbons (Fsp3) is 0.733. The van der Waals surface area contributed by atoms with E-state index in [0.29, 0.717) is 0 Å². The second-order valence-corrected chi connectivity index (χ2v) is 3.71. The van der Waals surface area contributed by atoms with Gasteiger partial charge in [0.05, 0.1) is 22.8 Å². The smallest absolute Gasteiger partial charge is 0.0622 e. The van der Waals surface area contributed by atoms with Gasteiger partial charge in [0, 0.05) is 0 Å². The van der Waals surface area contributed by atoms with Gasteiger partial charge in [-0.15, -0.1) is 0 Å². The first kappa shape index (κ1) is 16.1. The number of aryl methyl sites for hydroxylation is 4. The van der Waals surface area contributed by atoms with Crippen molar-refractivity contribution in [3.63, 3.8) is 0 Å². The lowest BCUT2D eigenvalue weighted by Crippen LogP contribution is -2.11. The van der Waals surface area contributed by atoms with Crippen molar-refractivity contribution in [1.29, 1.82) is 0 Å². The number of hydrogen-bond donors (Lipinski definition) is 0. The minimum absolute atomic E-state index is 1.01. The maximum Gasteiger partial charge on any atom is 0.0622 e. The highest BCUT2D eigenvalue weighted by atomic mass is 14.8. The molecule has 0 spiro atoms. The maximum atomic E-state index is 4.67. The molecule has 2 nitrogen and oxygen atoms in total. The van der Waals surface area contributed by atoms with Crippen LogP contribution in [0.2, 0.25) is 0 Å².